The predicted octanol–water partition coefficient (Wildman–Crippen LogP) is 3.75. The van der Waals surface area contributed by atoms with Crippen LogP contribution in [0.25, 0.3) is 0 Å². The lowest BCUT2D eigenvalue weighted by Crippen LogP contribution is -2.34. The number of esters is 1. The van der Waals surface area contributed by atoms with E-state index >= 15 is 0 Å². The van der Waals surface area contributed by atoms with Gasteiger partial charge in [-0.2, -0.15) is 0 Å². The van der Waals surface area contributed by atoms with E-state index in [0.29, 0.717) is 5.75 Å². The van der Waals surface area contributed by atoms with Crippen LogP contribution in [0.1, 0.15) is 27.7 Å². The highest BCUT2D eigenvalue weighted by atomic mass is 31.2. The van der Waals surface area contributed by atoms with Crippen molar-refractivity contribution in [2.45, 2.75) is 39.6 Å². The van der Waals surface area contributed by atoms with Crippen molar-refractivity contribution in [1.82, 2.24) is 0 Å². The molecule has 24 heavy (non-hydrogen) atoms. The van der Waals surface area contributed by atoms with E-state index < -0.39 is 31.3 Å². The normalized spacial score (nSPS) is 21.5. The van der Waals surface area contributed by atoms with Gasteiger partial charge in [0.25, 0.3) is 0 Å². The first-order valence-corrected chi connectivity index (χ1v) is 9.24. The maximum absolute atomic E-state index is 12.9. The summed E-state index contributed by atoms with van der Waals surface area (Å²) in [5.74, 6) is -1.83. The van der Waals surface area contributed by atoms with Gasteiger partial charge in [0.1, 0.15) is 11.6 Å². The molecule has 0 amide bonds. The lowest BCUT2D eigenvalue weighted by atomic mass is 9.97. The van der Waals surface area contributed by atoms with Crippen molar-refractivity contribution >= 4 is 13.6 Å². The number of ether oxygens (including phenoxy) is 2. The standard InChI is InChI=1S/C16H22FO6P/c1-11(22-14-7-5-13(17)6-8-14)15(18)23-12(2)24(19)20-9-16(3,4)10-21-24/h5-8,11-12H,9-10H2,1-4H3. The molecule has 1 saturated heterocycles. The van der Waals surface area contributed by atoms with Crippen molar-refractivity contribution in [3.63, 3.8) is 0 Å². The maximum Gasteiger partial charge on any atom is 0.370 e. The minimum absolute atomic E-state index is 0.239. The molecule has 0 radical (unpaired) electrons. The Morgan fingerprint density at radius 2 is 1.75 bits per heavy atom. The Morgan fingerprint density at radius 3 is 2.29 bits per heavy atom. The molecule has 1 aliphatic heterocycles. The molecule has 2 unspecified atom stereocenters. The van der Waals surface area contributed by atoms with Crippen molar-refractivity contribution < 1.29 is 32.3 Å². The molecule has 134 valence electrons. The summed E-state index contributed by atoms with van der Waals surface area (Å²) in [4.78, 5) is 12.1. The first-order chi connectivity index (χ1) is 11.1. The molecule has 0 aliphatic carbocycles. The molecule has 1 fully saturated rings. The Labute approximate surface area is 140 Å². The summed E-state index contributed by atoms with van der Waals surface area (Å²) < 4.78 is 46.6. The lowest BCUT2D eigenvalue weighted by Gasteiger charge is -2.36. The molecule has 1 heterocycles. The van der Waals surface area contributed by atoms with Crippen molar-refractivity contribution in [3.05, 3.63) is 30.1 Å². The molecule has 0 aromatic heterocycles. The quantitative estimate of drug-likeness (QED) is 0.588. The van der Waals surface area contributed by atoms with Gasteiger partial charge in [-0.25, -0.2) is 9.18 Å². The molecule has 2 atom stereocenters. The van der Waals surface area contributed by atoms with E-state index in [-0.39, 0.29) is 18.6 Å². The van der Waals surface area contributed by atoms with E-state index in [1.807, 2.05) is 13.8 Å². The summed E-state index contributed by atoms with van der Waals surface area (Å²) in [6, 6.07) is 5.25. The molecule has 1 aromatic carbocycles. The van der Waals surface area contributed by atoms with E-state index in [9.17, 15) is 13.8 Å². The monoisotopic (exact) mass is 360 g/mol. The van der Waals surface area contributed by atoms with Crippen LogP contribution in [-0.4, -0.2) is 31.1 Å². The molecule has 2 rings (SSSR count). The number of benzene rings is 1. The summed E-state index contributed by atoms with van der Waals surface area (Å²) >= 11 is 0. The smallest absolute Gasteiger partial charge is 0.370 e. The van der Waals surface area contributed by atoms with Gasteiger partial charge in [0.15, 0.2) is 11.9 Å². The van der Waals surface area contributed by atoms with Crippen LogP contribution in [-0.2, 0) is 23.1 Å². The van der Waals surface area contributed by atoms with Crippen LogP contribution >= 0.6 is 7.60 Å². The molecular formula is C16H22FO6P. The molecule has 0 saturated carbocycles. The summed E-state index contributed by atoms with van der Waals surface area (Å²) in [6.45, 7) is 7.31. The second-order valence-electron chi connectivity index (χ2n) is 6.50. The van der Waals surface area contributed by atoms with Gasteiger partial charge in [0, 0.05) is 5.41 Å². The topological polar surface area (TPSA) is 71.1 Å². The van der Waals surface area contributed by atoms with Crippen LogP contribution in [0, 0.1) is 11.2 Å². The number of hydrogen-bond donors (Lipinski definition) is 0. The third-order valence-electron chi connectivity index (χ3n) is 3.46. The Morgan fingerprint density at radius 1 is 1.21 bits per heavy atom. The number of halogens is 1. The number of carbonyl (C=O) groups is 1. The minimum atomic E-state index is -3.52. The first kappa shape index (κ1) is 18.9. The average Bonchev–Trinajstić information content (AvgIpc) is 2.52. The van der Waals surface area contributed by atoms with Gasteiger partial charge in [0.05, 0.1) is 13.2 Å². The van der Waals surface area contributed by atoms with Crippen LogP contribution in [0.3, 0.4) is 0 Å². The molecule has 0 bridgehead atoms. The van der Waals surface area contributed by atoms with Crippen molar-refractivity contribution in [2.24, 2.45) is 5.41 Å². The molecule has 8 heteroatoms. The highest BCUT2D eigenvalue weighted by Crippen LogP contribution is 2.57. The minimum Gasteiger partial charge on any atom is -0.479 e. The Hall–Kier alpha value is -1.43. The van der Waals surface area contributed by atoms with E-state index in [0.717, 1.165) is 0 Å². The average molecular weight is 360 g/mol. The molecule has 6 nitrogen and oxygen atoms in total. The summed E-state index contributed by atoms with van der Waals surface area (Å²) in [6.07, 6.45) is -0.953. The first-order valence-electron chi connectivity index (χ1n) is 7.63. The molecule has 0 spiro atoms. The highest BCUT2D eigenvalue weighted by molar-refractivity contribution is 7.54. The zero-order chi connectivity index (χ0) is 18.0. The van der Waals surface area contributed by atoms with Gasteiger partial charge < -0.3 is 18.5 Å². The summed E-state index contributed by atoms with van der Waals surface area (Å²) in [5, 5.41) is 0. The zero-order valence-electron chi connectivity index (χ0n) is 14.2. The van der Waals surface area contributed by atoms with E-state index in [1.165, 1.54) is 38.1 Å². The fraction of sp³-hybridized carbons (Fsp3) is 0.562. The summed E-state index contributed by atoms with van der Waals surface area (Å²) in [7, 11) is -3.52. The second kappa shape index (κ2) is 7.21. The van der Waals surface area contributed by atoms with Gasteiger partial charge in [-0.15, -0.1) is 0 Å². The Bertz CT molecular complexity index is 616. The second-order valence-corrected chi connectivity index (χ2v) is 8.82. The molecule has 1 aromatic rings. The number of carbonyl (C=O) groups excluding carboxylic acids is 1. The van der Waals surface area contributed by atoms with Crippen molar-refractivity contribution in [2.75, 3.05) is 13.2 Å². The molecule has 1 aliphatic rings. The third-order valence-corrected chi connectivity index (χ3v) is 5.43. The number of rotatable bonds is 5. The SMILES string of the molecule is CC(Oc1ccc(F)cc1)C(=O)OC(C)P1(=O)OCC(C)(C)CO1. The fourth-order valence-corrected chi connectivity index (χ4v) is 3.70. The van der Waals surface area contributed by atoms with Crippen LogP contribution in [0.15, 0.2) is 24.3 Å². The van der Waals surface area contributed by atoms with Crippen molar-refractivity contribution in [1.29, 1.82) is 0 Å². The van der Waals surface area contributed by atoms with Crippen LogP contribution in [0.5, 0.6) is 5.75 Å². The van der Waals surface area contributed by atoms with Gasteiger partial charge in [-0.05, 0) is 38.1 Å². The summed E-state index contributed by atoms with van der Waals surface area (Å²) in [5.41, 5.74) is -0.239. The van der Waals surface area contributed by atoms with Crippen LogP contribution < -0.4 is 4.74 Å². The zero-order valence-corrected chi connectivity index (χ0v) is 15.0. The van der Waals surface area contributed by atoms with Gasteiger partial charge >= 0.3 is 13.6 Å². The van der Waals surface area contributed by atoms with Gasteiger partial charge in [-0.3, -0.25) is 4.57 Å². The Kier molecular flexibility index (Phi) is 5.68. The Balaban J connectivity index is 1.91. The largest absolute Gasteiger partial charge is 0.479 e. The van der Waals surface area contributed by atoms with E-state index in [1.54, 1.807) is 0 Å². The third kappa shape index (κ3) is 4.79. The number of hydrogen-bond acceptors (Lipinski definition) is 6. The van der Waals surface area contributed by atoms with E-state index in [4.69, 9.17) is 18.5 Å². The fourth-order valence-electron chi connectivity index (χ4n) is 1.91. The predicted molar refractivity (Wildman–Crippen MR) is 85.3 cm³/mol. The van der Waals surface area contributed by atoms with Crippen molar-refractivity contribution in [3.8, 4) is 5.75 Å². The molecule has 0 N–H and O–H groups in total. The molecular weight excluding hydrogens is 338 g/mol. The van der Waals surface area contributed by atoms with Gasteiger partial charge in [-0.1, -0.05) is 13.8 Å². The lowest BCUT2D eigenvalue weighted by molar-refractivity contribution is -0.153. The van der Waals surface area contributed by atoms with Crippen LogP contribution in [0.2, 0.25) is 0 Å². The van der Waals surface area contributed by atoms with Crippen LogP contribution in [0.4, 0.5) is 4.39 Å². The highest BCUT2D eigenvalue weighted by Gasteiger charge is 2.43. The van der Waals surface area contributed by atoms with E-state index in [2.05, 4.69) is 0 Å². The van der Waals surface area contributed by atoms with Gasteiger partial charge in [0.2, 0.25) is 0 Å². The maximum atomic E-state index is 12.9.